The number of benzene rings is 2. The van der Waals surface area contributed by atoms with Gasteiger partial charge in [0.2, 0.25) is 5.91 Å². The lowest BCUT2D eigenvalue weighted by Gasteiger charge is -2.54. The monoisotopic (exact) mass is 814 g/mol. The van der Waals surface area contributed by atoms with E-state index in [1.165, 1.54) is 36.3 Å². The van der Waals surface area contributed by atoms with Crippen LogP contribution in [0.25, 0.3) is 0 Å². The highest BCUT2D eigenvalue weighted by atomic mass is 32.2. The van der Waals surface area contributed by atoms with Crippen LogP contribution in [0, 0.1) is 23.5 Å². The number of ether oxygens (including phenoxy) is 1. The molecule has 4 aliphatic heterocycles. The van der Waals surface area contributed by atoms with Crippen molar-refractivity contribution in [3.05, 3.63) is 71.8 Å². The van der Waals surface area contributed by atoms with Crippen molar-refractivity contribution in [1.82, 2.24) is 24.9 Å². The molecule has 4 saturated heterocycles. The van der Waals surface area contributed by atoms with Crippen molar-refractivity contribution in [1.29, 1.82) is 0 Å². The Labute approximate surface area is 335 Å². The van der Waals surface area contributed by atoms with Gasteiger partial charge < -0.3 is 29.7 Å². The van der Waals surface area contributed by atoms with Gasteiger partial charge in [0.25, 0.3) is 0 Å². The van der Waals surface area contributed by atoms with Crippen LogP contribution in [0.3, 0.4) is 0 Å². The number of likely N-dealkylation sites (N-methyl/N-ethyl adjacent to an activating group) is 1. The molecule has 4 heterocycles. The number of hydrogen-bond donors (Lipinski definition) is 1. The normalized spacial score (nSPS) is 24.5. The lowest BCUT2D eigenvalue weighted by atomic mass is 9.57. The summed E-state index contributed by atoms with van der Waals surface area (Å²) in [5, 5.41) is 2.30. The Morgan fingerprint density at radius 2 is 1.72 bits per heavy atom. The van der Waals surface area contributed by atoms with E-state index in [4.69, 9.17) is 4.74 Å². The molecule has 1 aliphatic carbocycles. The number of alkyl carbamates (subject to hydrolysis) is 1. The molecular weight excluding hydrogens is 758 g/mol. The summed E-state index contributed by atoms with van der Waals surface area (Å²) in [7, 11) is 1.27. The summed E-state index contributed by atoms with van der Waals surface area (Å²) in [5.41, 5.74) is -0.865. The second kappa shape index (κ2) is 16.9. The number of amides is 2. The molecule has 3 atom stereocenters. The van der Waals surface area contributed by atoms with Crippen LogP contribution in [-0.4, -0.2) is 150 Å². The lowest BCUT2D eigenvalue weighted by Crippen LogP contribution is -2.65. The number of methoxy groups -OCH3 is 1. The number of nitrogens with zero attached hydrogens (tertiary/aromatic N) is 5. The fourth-order valence-electron chi connectivity index (χ4n) is 10.1. The van der Waals surface area contributed by atoms with Gasteiger partial charge in [-0.25, -0.2) is 26.4 Å². The van der Waals surface area contributed by atoms with Crippen LogP contribution < -0.4 is 10.2 Å². The van der Waals surface area contributed by atoms with E-state index in [0.717, 1.165) is 69.8 Å². The van der Waals surface area contributed by atoms with Crippen molar-refractivity contribution in [3.63, 3.8) is 0 Å². The van der Waals surface area contributed by atoms with Gasteiger partial charge in [0.05, 0.1) is 30.8 Å². The number of carbonyl (C=O) groups excluding carboxylic acids is 2. The summed E-state index contributed by atoms with van der Waals surface area (Å²) in [6.45, 7) is 4.90. The summed E-state index contributed by atoms with van der Waals surface area (Å²) in [6, 6.07) is 10.7. The van der Waals surface area contributed by atoms with Crippen LogP contribution in [0.4, 0.5) is 23.7 Å². The maximum Gasteiger partial charge on any atom is 0.407 e. The Bertz CT molecular complexity index is 1910. The molecular formula is C42H57F3N6O5S. The molecule has 5 fully saturated rings. The second-order valence-corrected chi connectivity index (χ2v) is 19.4. The molecule has 11 nitrogen and oxygen atoms in total. The van der Waals surface area contributed by atoms with Gasteiger partial charge in [-0.1, -0.05) is 24.6 Å². The first-order chi connectivity index (χ1) is 27.2. The van der Waals surface area contributed by atoms with E-state index >= 15 is 13.2 Å². The highest BCUT2D eigenvalue weighted by molar-refractivity contribution is 7.92. The van der Waals surface area contributed by atoms with Crippen molar-refractivity contribution in [2.45, 2.75) is 65.8 Å². The summed E-state index contributed by atoms with van der Waals surface area (Å²) in [6.07, 6.45) is 8.08. The van der Waals surface area contributed by atoms with E-state index in [-0.39, 0.29) is 72.9 Å². The van der Waals surface area contributed by atoms with Crippen molar-refractivity contribution in [2.75, 3.05) is 98.1 Å². The van der Waals surface area contributed by atoms with Gasteiger partial charge in [-0.2, -0.15) is 0 Å². The zero-order valence-electron chi connectivity index (χ0n) is 33.3. The minimum atomic E-state index is -3.86. The van der Waals surface area contributed by atoms with Crippen molar-refractivity contribution in [3.8, 4) is 0 Å². The van der Waals surface area contributed by atoms with E-state index in [1.807, 2.05) is 25.1 Å². The number of sulfone groups is 1. The molecule has 0 radical (unpaired) electrons. The minimum Gasteiger partial charge on any atom is -0.453 e. The standard InChI is InChI=1S/C42H57F3N6O5S/c1-47(2)17-6-12-39(52)50-24-34(25-50)57(54,55)33-13-14-38(36(44)23-33)51-27-41(45,28-51)26-49-20-15-30(16-21-49)42(29-48-18-7-19-48,31-8-4-9-32(43)22-31)35-10-5-11-37(35)46-40(53)56-3/h4,6,8-9,12-14,22-23,30,34-35,37H,5,7,10-11,15-21,24-29H2,1-3H3,(H,46,53)/b12-6+/t35-,37-,42?/m0/s1. The Morgan fingerprint density at radius 1 is 0.982 bits per heavy atom. The molecule has 0 aromatic heterocycles. The number of rotatable bonds is 14. The van der Waals surface area contributed by atoms with Crippen LogP contribution in [0.15, 0.2) is 59.5 Å². The van der Waals surface area contributed by atoms with Gasteiger partial charge in [0.1, 0.15) is 16.9 Å². The smallest absolute Gasteiger partial charge is 0.407 e. The maximum absolute atomic E-state index is 16.3. The van der Waals surface area contributed by atoms with E-state index in [9.17, 15) is 18.0 Å². The second-order valence-electron chi connectivity index (χ2n) is 17.2. The van der Waals surface area contributed by atoms with E-state index < -0.39 is 38.1 Å². The first-order valence-corrected chi connectivity index (χ1v) is 21.9. The third-order valence-corrected chi connectivity index (χ3v) is 15.2. The predicted octanol–water partition coefficient (Wildman–Crippen LogP) is 4.48. The molecule has 1 saturated carbocycles. The number of alkyl halides is 1. The zero-order valence-corrected chi connectivity index (χ0v) is 34.2. The fourth-order valence-corrected chi connectivity index (χ4v) is 11.7. The highest BCUT2D eigenvalue weighted by Gasteiger charge is 2.54. The Hall–Kier alpha value is -3.66. The molecule has 0 spiro atoms. The molecule has 2 amide bonds. The number of halogens is 3. The number of nitrogens with one attached hydrogen (secondary N) is 1. The molecule has 1 N–H and O–H groups in total. The van der Waals surface area contributed by atoms with Crippen molar-refractivity contribution in [2.24, 2.45) is 11.8 Å². The molecule has 312 valence electrons. The molecule has 2 aromatic carbocycles. The summed E-state index contributed by atoms with van der Waals surface area (Å²) >= 11 is 0. The molecule has 15 heteroatoms. The van der Waals surface area contributed by atoms with Gasteiger partial charge in [0.15, 0.2) is 15.5 Å². The molecule has 0 bridgehead atoms. The molecule has 5 aliphatic rings. The minimum absolute atomic E-state index is 0.0118. The zero-order chi connectivity index (χ0) is 40.5. The van der Waals surface area contributed by atoms with Crippen LogP contribution in [0.1, 0.15) is 44.1 Å². The maximum atomic E-state index is 16.3. The summed E-state index contributed by atoms with van der Waals surface area (Å²) in [5.74, 6) is -1.01. The van der Waals surface area contributed by atoms with E-state index in [2.05, 4.69) is 15.1 Å². The molecule has 1 unspecified atom stereocenters. The average molecular weight is 815 g/mol. The van der Waals surface area contributed by atoms with E-state index in [0.29, 0.717) is 19.6 Å². The SMILES string of the molecule is COC(=O)N[C@H]1CCC[C@@H]1C(CN1CCC1)(c1cccc(F)c1)C1CCN(CC2(F)CN(c3ccc(S(=O)(=O)C4CN(C(=O)/C=C/CN(C)C)C4)cc3F)C2)CC1. The topological polar surface area (TPSA) is 106 Å². The first kappa shape index (κ1) is 41.5. The number of anilines is 1. The largest absolute Gasteiger partial charge is 0.453 e. The number of carbonyl (C=O) groups is 2. The molecule has 57 heavy (non-hydrogen) atoms. The van der Waals surface area contributed by atoms with Crippen LogP contribution >= 0.6 is 0 Å². The van der Waals surface area contributed by atoms with Crippen molar-refractivity contribution >= 4 is 27.5 Å². The predicted molar refractivity (Wildman–Crippen MR) is 213 cm³/mol. The fraction of sp³-hybridized carbons (Fsp3) is 0.619. The van der Waals surface area contributed by atoms with Gasteiger partial charge >= 0.3 is 6.09 Å². The van der Waals surface area contributed by atoms with Crippen molar-refractivity contribution < 1.29 is 35.9 Å². The Kier molecular flexibility index (Phi) is 12.3. The van der Waals surface area contributed by atoms with Crippen LogP contribution in [0.2, 0.25) is 0 Å². The van der Waals surface area contributed by atoms with Gasteiger partial charge in [-0.15, -0.1) is 0 Å². The van der Waals surface area contributed by atoms with E-state index in [1.54, 1.807) is 23.1 Å². The Balaban J connectivity index is 0.980. The van der Waals surface area contributed by atoms with Crippen LogP contribution in [0.5, 0.6) is 0 Å². The third-order valence-electron chi connectivity index (χ3n) is 13.2. The summed E-state index contributed by atoms with van der Waals surface area (Å²) < 4.78 is 78.3. The molecule has 2 aromatic rings. The number of hydrogen-bond acceptors (Lipinski definition) is 9. The molecule has 7 rings (SSSR count). The number of likely N-dealkylation sites (tertiary alicyclic amines) is 3. The average Bonchev–Trinajstić information content (AvgIpc) is 3.58. The van der Waals surface area contributed by atoms with Gasteiger partial charge in [-0.05, 0) is 120 Å². The Morgan fingerprint density at radius 3 is 2.35 bits per heavy atom. The quantitative estimate of drug-likeness (QED) is 0.277. The van der Waals surface area contributed by atoms with Crippen LogP contribution in [-0.2, 0) is 24.8 Å². The first-order valence-electron chi connectivity index (χ1n) is 20.3. The van der Waals surface area contributed by atoms with Gasteiger partial charge in [0, 0.05) is 50.3 Å². The number of piperidine rings is 1. The summed E-state index contributed by atoms with van der Waals surface area (Å²) in [4.78, 5) is 34.3. The highest BCUT2D eigenvalue weighted by Crippen LogP contribution is 2.52. The third kappa shape index (κ3) is 8.72. The lowest BCUT2D eigenvalue weighted by molar-refractivity contribution is -0.129. The van der Waals surface area contributed by atoms with Gasteiger partial charge in [-0.3, -0.25) is 9.69 Å².